The van der Waals surface area contributed by atoms with Crippen molar-refractivity contribution in [3.8, 4) is 5.75 Å². The van der Waals surface area contributed by atoms with Crippen LogP contribution in [0.4, 0.5) is 0 Å². The van der Waals surface area contributed by atoms with Gasteiger partial charge in [0.05, 0.1) is 32.5 Å². The highest BCUT2D eigenvalue weighted by Crippen LogP contribution is 2.26. The van der Waals surface area contributed by atoms with Crippen molar-refractivity contribution in [2.75, 3.05) is 33.0 Å². The summed E-state index contributed by atoms with van der Waals surface area (Å²) in [7, 11) is 0. The second kappa shape index (κ2) is 8.25. The Morgan fingerprint density at radius 3 is 2.75 bits per heavy atom. The molecule has 4 nitrogen and oxygen atoms in total. The predicted octanol–water partition coefficient (Wildman–Crippen LogP) is 2.54. The molecule has 1 aromatic carbocycles. The molecule has 1 aromatic rings. The minimum atomic E-state index is 0.165. The van der Waals surface area contributed by atoms with E-state index in [-0.39, 0.29) is 12.1 Å². The fourth-order valence-corrected chi connectivity index (χ4v) is 2.18. The topological polar surface area (TPSA) is 39.7 Å². The summed E-state index contributed by atoms with van der Waals surface area (Å²) in [6, 6.07) is 8.35. The van der Waals surface area contributed by atoms with E-state index >= 15 is 0 Å². The zero-order chi connectivity index (χ0) is 14.2. The van der Waals surface area contributed by atoms with E-state index in [0.717, 1.165) is 18.7 Å². The van der Waals surface area contributed by atoms with Gasteiger partial charge in [0.25, 0.3) is 0 Å². The molecule has 0 spiro atoms. The molecular weight excluding hydrogens is 254 g/mol. The molecule has 0 radical (unpaired) electrons. The molecule has 1 fully saturated rings. The fourth-order valence-electron chi connectivity index (χ4n) is 2.18. The number of benzene rings is 1. The molecule has 2 rings (SSSR count). The van der Waals surface area contributed by atoms with Gasteiger partial charge in [-0.15, -0.1) is 0 Å². The summed E-state index contributed by atoms with van der Waals surface area (Å²) in [5, 5.41) is 3.54. The Labute approximate surface area is 121 Å². The smallest absolute Gasteiger partial charge is 0.124 e. The highest BCUT2D eigenvalue weighted by molar-refractivity contribution is 5.36. The molecule has 0 aromatic heterocycles. The average Bonchev–Trinajstić information content (AvgIpc) is 2.42. The second-order valence-corrected chi connectivity index (χ2v) is 4.97. The maximum Gasteiger partial charge on any atom is 0.124 e. The Kier molecular flexibility index (Phi) is 6.30. The van der Waals surface area contributed by atoms with E-state index in [2.05, 4.69) is 18.3 Å². The van der Waals surface area contributed by atoms with Gasteiger partial charge in [-0.25, -0.2) is 0 Å². The van der Waals surface area contributed by atoms with Crippen molar-refractivity contribution in [2.24, 2.45) is 0 Å². The van der Waals surface area contributed by atoms with Gasteiger partial charge in [0.2, 0.25) is 0 Å². The molecular formula is C16H25NO3. The van der Waals surface area contributed by atoms with Gasteiger partial charge >= 0.3 is 0 Å². The van der Waals surface area contributed by atoms with Crippen molar-refractivity contribution in [3.63, 3.8) is 0 Å². The van der Waals surface area contributed by atoms with Crippen LogP contribution >= 0.6 is 0 Å². The van der Waals surface area contributed by atoms with Gasteiger partial charge in [-0.05, 0) is 26.0 Å². The Bertz CT molecular complexity index is 393. The molecule has 0 saturated carbocycles. The summed E-state index contributed by atoms with van der Waals surface area (Å²) in [5.74, 6) is 0.942. The number of ether oxygens (including phenoxy) is 3. The first-order chi connectivity index (χ1) is 9.85. The Morgan fingerprint density at radius 1 is 1.30 bits per heavy atom. The van der Waals surface area contributed by atoms with E-state index in [1.165, 1.54) is 5.56 Å². The first kappa shape index (κ1) is 15.3. The van der Waals surface area contributed by atoms with Gasteiger partial charge < -0.3 is 19.5 Å². The largest absolute Gasteiger partial charge is 0.494 e. The van der Waals surface area contributed by atoms with Gasteiger partial charge in [-0.1, -0.05) is 25.1 Å². The van der Waals surface area contributed by atoms with Crippen LogP contribution in [0.25, 0.3) is 0 Å². The molecule has 1 aliphatic rings. The van der Waals surface area contributed by atoms with Gasteiger partial charge in [0.1, 0.15) is 11.9 Å². The van der Waals surface area contributed by atoms with Gasteiger partial charge in [0, 0.05) is 5.56 Å². The van der Waals surface area contributed by atoms with Crippen LogP contribution in [0.2, 0.25) is 0 Å². The molecule has 20 heavy (non-hydrogen) atoms. The number of hydrogen-bond donors (Lipinski definition) is 1. The zero-order valence-electron chi connectivity index (χ0n) is 12.4. The third-order valence-corrected chi connectivity index (χ3v) is 3.34. The lowest BCUT2D eigenvalue weighted by atomic mass is 10.1. The van der Waals surface area contributed by atoms with Crippen LogP contribution in [0.3, 0.4) is 0 Å². The van der Waals surface area contributed by atoms with E-state index in [9.17, 15) is 0 Å². The van der Waals surface area contributed by atoms with Crippen LogP contribution in [-0.4, -0.2) is 39.1 Å². The number of para-hydroxylation sites is 1. The first-order valence-electron chi connectivity index (χ1n) is 7.49. The molecule has 1 unspecified atom stereocenters. The monoisotopic (exact) mass is 279 g/mol. The summed E-state index contributed by atoms with van der Waals surface area (Å²) in [6.45, 7) is 7.90. The molecule has 0 amide bonds. The summed E-state index contributed by atoms with van der Waals surface area (Å²) in [5.41, 5.74) is 1.17. The molecule has 112 valence electrons. The highest BCUT2D eigenvalue weighted by Gasteiger charge is 2.22. The first-order valence-corrected chi connectivity index (χ1v) is 7.49. The maximum absolute atomic E-state index is 5.88. The summed E-state index contributed by atoms with van der Waals surface area (Å²) >= 11 is 0. The maximum atomic E-state index is 5.88. The fraction of sp³-hybridized carbons (Fsp3) is 0.625. The van der Waals surface area contributed by atoms with E-state index in [0.29, 0.717) is 26.4 Å². The number of rotatable bonds is 9. The minimum absolute atomic E-state index is 0.165. The van der Waals surface area contributed by atoms with Crippen molar-refractivity contribution < 1.29 is 14.2 Å². The van der Waals surface area contributed by atoms with Crippen LogP contribution in [-0.2, 0) is 9.47 Å². The number of nitrogens with one attached hydrogen (secondary N) is 1. The lowest BCUT2D eigenvalue weighted by molar-refractivity contribution is -0.133. The van der Waals surface area contributed by atoms with Gasteiger partial charge in [-0.3, -0.25) is 0 Å². The van der Waals surface area contributed by atoms with Crippen LogP contribution < -0.4 is 10.1 Å². The molecule has 0 bridgehead atoms. The van der Waals surface area contributed by atoms with Gasteiger partial charge in [-0.2, -0.15) is 0 Å². The zero-order valence-corrected chi connectivity index (χ0v) is 12.4. The van der Waals surface area contributed by atoms with E-state index in [1.807, 2.05) is 25.1 Å². The van der Waals surface area contributed by atoms with Crippen molar-refractivity contribution in [3.05, 3.63) is 29.8 Å². The Hall–Kier alpha value is -1.10. The molecule has 1 N–H and O–H groups in total. The minimum Gasteiger partial charge on any atom is -0.494 e. The summed E-state index contributed by atoms with van der Waals surface area (Å²) < 4.78 is 16.8. The van der Waals surface area contributed by atoms with Crippen LogP contribution in [0, 0.1) is 0 Å². The van der Waals surface area contributed by atoms with E-state index < -0.39 is 0 Å². The van der Waals surface area contributed by atoms with E-state index in [4.69, 9.17) is 14.2 Å². The molecule has 1 atom stereocenters. The highest BCUT2D eigenvalue weighted by atomic mass is 16.6. The standard InChI is InChI=1S/C16H25NO3/c1-3-9-17-15(12-20-13-10-18-11-13)14-7-5-6-8-16(14)19-4-2/h5-8,13,15,17H,3-4,9-12H2,1-2H3. The van der Waals surface area contributed by atoms with Crippen molar-refractivity contribution in [2.45, 2.75) is 32.4 Å². The van der Waals surface area contributed by atoms with Gasteiger partial charge in [0.15, 0.2) is 0 Å². The van der Waals surface area contributed by atoms with Crippen LogP contribution in [0.5, 0.6) is 5.75 Å². The predicted molar refractivity (Wildman–Crippen MR) is 79.2 cm³/mol. The SMILES string of the molecule is CCCNC(COC1COC1)c1ccccc1OCC. The molecule has 1 saturated heterocycles. The lowest BCUT2D eigenvalue weighted by Gasteiger charge is -2.29. The summed E-state index contributed by atoms with van der Waals surface area (Å²) in [6.07, 6.45) is 1.35. The lowest BCUT2D eigenvalue weighted by Crippen LogP contribution is -2.38. The summed E-state index contributed by atoms with van der Waals surface area (Å²) in [4.78, 5) is 0. The molecule has 4 heteroatoms. The Morgan fingerprint density at radius 2 is 2.10 bits per heavy atom. The molecule has 1 heterocycles. The third-order valence-electron chi connectivity index (χ3n) is 3.34. The quantitative estimate of drug-likeness (QED) is 0.754. The van der Waals surface area contributed by atoms with Crippen molar-refractivity contribution in [1.29, 1.82) is 0 Å². The number of hydrogen-bond acceptors (Lipinski definition) is 4. The average molecular weight is 279 g/mol. The van der Waals surface area contributed by atoms with Crippen molar-refractivity contribution >= 4 is 0 Å². The molecule has 1 aliphatic heterocycles. The van der Waals surface area contributed by atoms with E-state index in [1.54, 1.807) is 0 Å². The second-order valence-electron chi connectivity index (χ2n) is 4.97. The van der Waals surface area contributed by atoms with Crippen molar-refractivity contribution in [1.82, 2.24) is 5.32 Å². The Balaban J connectivity index is 2.03. The van der Waals surface area contributed by atoms with Crippen LogP contribution in [0.1, 0.15) is 31.9 Å². The molecule has 0 aliphatic carbocycles. The van der Waals surface area contributed by atoms with Crippen LogP contribution in [0.15, 0.2) is 24.3 Å². The normalized spacial score (nSPS) is 16.7. The third kappa shape index (κ3) is 4.20.